The van der Waals surface area contributed by atoms with Gasteiger partial charge in [0.25, 0.3) is 11.5 Å². The molecule has 2 aliphatic heterocycles. The van der Waals surface area contributed by atoms with Crippen molar-refractivity contribution >= 4 is 39.9 Å². The summed E-state index contributed by atoms with van der Waals surface area (Å²) in [5.41, 5.74) is 2.29. The average Bonchev–Trinajstić information content (AvgIpc) is 2.68. The van der Waals surface area contributed by atoms with Gasteiger partial charge < -0.3 is 14.7 Å². The highest BCUT2D eigenvalue weighted by molar-refractivity contribution is 6.32. The molecule has 2 unspecified atom stereocenters. The number of halogens is 1. The van der Waals surface area contributed by atoms with Gasteiger partial charge in [0.15, 0.2) is 0 Å². The molecule has 8 nitrogen and oxygen atoms in total. The molecule has 162 valence electrons. The number of pyridine rings is 2. The smallest absolute Gasteiger partial charge is 0.278 e. The third-order valence-corrected chi connectivity index (χ3v) is 6.75. The zero-order valence-corrected chi connectivity index (χ0v) is 19.2. The summed E-state index contributed by atoms with van der Waals surface area (Å²) in [6.45, 7) is 6.36. The lowest BCUT2D eigenvalue weighted by Gasteiger charge is -2.49. The van der Waals surface area contributed by atoms with Crippen LogP contribution >= 0.6 is 11.6 Å². The van der Waals surface area contributed by atoms with Gasteiger partial charge in [0.2, 0.25) is 0 Å². The van der Waals surface area contributed by atoms with Crippen molar-refractivity contribution in [3.8, 4) is 0 Å². The maximum absolute atomic E-state index is 13.6. The van der Waals surface area contributed by atoms with Crippen LogP contribution in [0.15, 0.2) is 10.9 Å². The highest BCUT2D eigenvalue weighted by Crippen LogP contribution is 2.41. The Kier molecular flexibility index (Phi) is 5.28. The Labute approximate surface area is 181 Å². The first-order valence-corrected chi connectivity index (χ1v) is 10.6. The van der Waals surface area contributed by atoms with Crippen molar-refractivity contribution in [1.82, 2.24) is 19.4 Å². The van der Waals surface area contributed by atoms with Crippen LogP contribution in [0, 0.1) is 6.92 Å². The van der Waals surface area contributed by atoms with E-state index in [1.165, 1.54) is 4.57 Å². The van der Waals surface area contributed by atoms with Crippen LogP contribution in [0.4, 0.5) is 11.4 Å². The van der Waals surface area contributed by atoms with Gasteiger partial charge in [-0.15, -0.1) is 0 Å². The lowest BCUT2D eigenvalue weighted by atomic mass is 9.99. The van der Waals surface area contributed by atoms with E-state index in [1.807, 2.05) is 39.0 Å². The number of fused-ring (bicyclic) bond motifs is 5. The molecule has 1 amide bonds. The lowest BCUT2D eigenvalue weighted by molar-refractivity contribution is -0.121. The van der Waals surface area contributed by atoms with Crippen LogP contribution in [0.3, 0.4) is 0 Å². The zero-order chi connectivity index (χ0) is 21.9. The first-order chi connectivity index (χ1) is 14.1. The van der Waals surface area contributed by atoms with Crippen LogP contribution in [0.2, 0.25) is 5.02 Å². The number of carbonyl (C=O) groups excluding carboxylic acids is 1. The number of nitrogens with zero attached hydrogens (tertiary/aromatic N) is 6. The van der Waals surface area contributed by atoms with Crippen LogP contribution in [0.25, 0.3) is 11.0 Å². The van der Waals surface area contributed by atoms with E-state index in [0.29, 0.717) is 48.2 Å². The molecule has 4 heterocycles. The van der Waals surface area contributed by atoms with Crippen molar-refractivity contribution in [1.29, 1.82) is 0 Å². The molecular weight excluding hydrogens is 404 g/mol. The summed E-state index contributed by atoms with van der Waals surface area (Å²) in [5.74, 6) is -0.0225. The van der Waals surface area contributed by atoms with E-state index in [9.17, 15) is 9.59 Å². The third kappa shape index (κ3) is 3.18. The van der Waals surface area contributed by atoms with Gasteiger partial charge >= 0.3 is 0 Å². The van der Waals surface area contributed by atoms with Crippen molar-refractivity contribution < 1.29 is 4.79 Å². The molecular formula is C21H29ClN6O2. The van der Waals surface area contributed by atoms with E-state index < -0.39 is 0 Å². The summed E-state index contributed by atoms with van der Waals surface area (Å²) in [4.78, 5) is 39.7. The number of carbonyl (C=O) groups is 1. The number of rotatable bonds is 3. The molecule has 9 heteroatoms. The molecule has 4 rings (SSSR count). The molecule has 0 aliphatic carbocycles. The Morgan fingerprint density at radius 3 is 2.57 bits per heavy atom. The van der Waals surface area contributed by atoms with Crippen molar-refractivity contribution in [2.24, 2.45) is 7.05 Å². The Bertz CT molecular complexity index is 1080. The van der Waals surface area contributed by atoms with Crippen molar-refractivity contribution in [2.45, 2.75) is 25.9 Å². The molecule has 0 saturated carbocycles. The maximum Gasteiger partial charge on any atom is 0.278 e. The van der Waals surface area contributed by atoms with E-state index >= 15 is 0 Å². The summed E-state index contributed by atoms with van der Waals surface area (Å²) in [6.07, 6.45) is 0. The summed E-state index contributed by atoms with van der Waals surface area (Å²) in [5, 5.41) is 1.37. The Balaban J connectivity index is 2.03. The van der Waals surface area contributed by atoms with Crippen molar-refractivity contribution in [2.75, 3.05) is 57.1 Å². The van der Waals surface area contributed by atoms with Crippen LogP contribution < -0.4 is 15.4 Å². The highest BCUT2D eigenvalue weighted by atomic mass is 35.5. The van der Waals surface area contributed by atoms with E-state index in [2.05, 4.69) is 21.7 Å². The third-order valence-electron chi connectivity index (χ3n) is 6.37. The summed E-state index contributed by atoms with van der Waals surface area (Å²) in [6, 6.07) is 1.80. The predicted octanol–water partition coefficient (Wildman–Crippen LogP) is 1.31. The normalized spacial score (nSPS) is 22.1. The highest BCUT2D eigenvalue weighted by Gasteiger charge is 2.45. The Morgan fingerprint density at radius 2 is 1.90 bits per heavy atom. The van der Waals surface area contributed by atoms with E-state index in [4.69, 9.17) is 11.6 Å². The van der Waals surface area contributed by atoms with Gasteiger partial charge in [0.1, 0.15) is 17.4 Å². The zero-order valence-electron chi connectivity index (χ0n) is 18.4. The Morgan fingerprint density at radius 1 is 1.20 bits per heavy atom. The molecule has 30 heavy (non-hydrogen) atoms. The molecule has 0 spiro atoms. The van der Waals surface area contributed by atoms with Gasteiger partial charge in [-0.2, -0.15) is 0 Å². The fourth-order valence-electron chi connectivity index (χ4n) is 4.39. The maximum atomic E-state index is 13.6. The second-order valence-corrected chi connectivity index (χ2v) is 9.15. The SMILES string of the molecule is Cc1nc2c(cc1Cl)c1c(c(=O)n2C)N(CCN(C)C)C(=O)C2CN(C)C(C)CN12. The number of hydrogen-bond donors (Lipinski definition) is 0. The molecule has 1 fully saturated rings. The second kappa shape index (κ2) is 7.51. The van der Waals surface area contributed by atoms with Crippen molar-refractivity contribution in [3.63, 3.8) is 0 Å². The van der Waals surface area contributed by atoms with Crippen LogP contribution in [0.5, 0.6) is 0 Å². The Hall–Kier alpha value is -2.16. The fourth-order valence-corrected chi connectivity index (χ4v) is 4.54. The largest absolute Gasteiger partial charge is 0.354 e. The lowest BCUT2D eigenvalue weighted by Crippen LogP contribution is -2.65. The number of anilines is 2. The summed E-state index contributed by atoms with van der Waals surface area (Å²) < 4.78 is 1.53. The monoisotopic (exact) mass is 432 g/mol. The number of aromatic nitrogens is 2. The van der Waals surface area contributed by atoms with Gasteiger partial charge in [-0.1, -0.05) is 11.6 Å². The minimum atomic E-state index is -0.337. The molecule has 1 saturated heterocycles. The minimum absolute atomic E-state index is 0.0225. The fraction of sp³-hybridized carbons (Fsp3) is 0.571. The molecule has 0 aromatic carbocycles. The molecule has 0 bridgehead atoms. The van der Waals surface area contributed by atoms with Gasteiger partial charge in [0.05, 0.1) is 16.4 Å². The number of hydrogen-bond acceptors (Lipinski definition) is 6. The van der Waals surface area contributed by atoms with Crippen LogP contribution in [-0.2, 0) is 11.8 Å². The number of piperazine rings is 1. The average molecular weight is 433 g/mol. The standard InChI is InChI=1S/C21H29ClN6O2/c1-12-10-28-16(11-25(12)5)20(29)27(8-7-24(3)4)18-17(28)14-9-15(22)13(2)23-19(14)26(6)21(18)30/h9,12,16H,7-8,10-11H2,1-6H3. The minimum Gasteiger partial charge on any atom is -0.354 e. The van der Waals surface area contributed by atoms with Gasteiger partial charge in [-0.05, 0) is 41.1 Å². The molecule has 0 N–H and O–H groups in total. The van der Waals surface area contributed by atoms with E-state index in [1.54, 1.807) is 11.9 Å². The molecule has 2 aromatic heterocycles. The van der Waals surface area contributed by atoms with E-state index in [-0.39, 0.29) is 23.6 Å². The van der Waals surface area contributed by atoms with Gasteiger partial charge in [-0.3, -0.25) is 19.1 Å². The quantitative estimate of drug-likeness (QED) is 0.728. The first kappa shape index (κ1) is 21.1. The predicted molar refractivity (Wildman–Crippen MR) is 121 cm³/mol. The van der Waals surface area contributed by atoms with Gasteiger partial charge in [0, 0.05) is 44.7 Å². The topological polar surface area (TPSA) is 64.9 Å². The van der Waals surface area contributed by atoms with E-state index in [0.717, 1.165) is 11.1 Å². The molecule has 2 aliphatic rings. The van der Waals surface area contributed by atoms with Crippen LogP contribution in [-0.4, -0.2) is 84.7 Å². The number of aryl methyl sites for hydroxylation is 2. The second-order valence-electron chi connectivity index (χ2n) is 8.74. The first-order valence-electron chi connectivity index (χ1n) is 10.2. The molecule has 2 aromatic rings. The molecule has 0 radical (unpaired) electrons. The number of likely N-dealkylation sites (N-methyl/N-ethyl adjacent to an activating group) is 2. The van der Waals surface area contributed by atoms with Crippen LogP contribution in [0.1, 0.15) is 12.6 Å². The van der Waals surface area contributed by atoms with Crippen molar-refractivity contribution in [3.05, 3.63) is 27.1 Å². The number of amides is 1. The summed E-state index contributed by atoms with van der Waals surface area (Å²) >= 11 is 6.45. The van der Waals surface area contributed by atoms with Gasteiger partial charge in [-0.25, -0.2) is 4.98 Å². The molecule has 2 atom stereocenters. The summed E-state index contributed by atoms with van der Waals surface area (Å²) in [7, 11) is 7.67.